The zero-order valence-corrected chi connectivity index (χ0v) is 19.7. The SMILES string of the molecule is CCCCC(CC(CC1CCCCC1)(OOC(C)(C)C)OOC(C)(C)C)C(=O)O. The van der Waals surface area contributed by atoms with Crippen molar-refractivity contribution in [3.05, 3.63) is 0 Å². The third-order valence-corrected chi connectivity index (χ3v) is 5.02. The molecule has 1 atom stereocenters. The Kier molecular flexibility index (Phi) is 10.6. The Labute approximate surface area is 177 Å². The lowest BCUT2D eigenvalue weighted by atomic mass is 9.81. The number of aliphatic carboxylic acids is 1. The first kappa shape index (κ1) is 26.3. The van der Waals surface area contributed by atoms with Crippen molar-refractivity contribution in [3.8, 4) is 0 Å². The molecule has 0 radical (unpaired) electrons. The number of carboxylic acids is 1. The number of carbonyl (C=O) groups is 1. The van der Waals surface area contributed by atoms with E-state index < -0.39 is 28.9 Å². The minimum absolute atomic E-state index is 0.199. The largest absolute Gasteiger partial charge is 0.481 e. The Morgan fingerprint density at radius 2 is 1.45 bits per heavy atom. The van der Waals surface area contributed by atoms with E-state index in [1.165, 1.54) is 19.3 Å². The lowest BCUT2D eigenvalue weighted by molar-refractivity contribution is -0.546. The molecule has 6 heteroatoms. The molecular formula is C23H44O6. The van der Waals surface area contributed by atoms with Crippen molar-refractivity contribution in [3.63, 3.8) is 0 Å². The fourth-order valence-corrected chi connectivity index (χ4v) is 3.61. The average molecular weight is 417 g/mol. The second kappa shape index (κ2) is 11.6. The van der Waals surface area contributed by atoms with Crippen LogP contribution in [0.25, 0.3) is 0 Å². The highest BCUT2D eigenvalue weighted by Crippen LogP contribution is 2.39. The predicted octanol–water partition coefficient (Wildman–Crippen LogP) is 6.43. The normalized spacial score (nSPS) is 18.0. The van der Waals surface area contributed by atoms with Crippen molar-refractivity contribution < 1.29 is 29.5 Å². The van der Waals surface area contributed by atoms with Gasteiger partial charge in [0.25, 0.3) is 0 Å². The van der Waals surface area contributed by atoms with Crippen LogP contribution in [0.1, 0.15) is 113 Å². The van der Waals surface area contributed by atoms with E-state index in [4.69, 9.17) is 19.6 Å². The van der Waals surface area contributed by atoms with Crippen LogP contribution in [0.2, 0.25) is 0 Å². The van der Waals surface area contributed by atoms with E-state index in [1.54, 1.807) is 0 Å². The summed E-state index contributed by atoms with van der Waals surface area (Å²) in [5.74, 6) is -2.26. The average Bonchev–Trinajstić information content (AvgIpc) is 2.61. The first-order chi connectivity index (χ1) is 13.4. The molecule has 0 amide bonds. The molecule has 0 bridgehead atoms. The Bertz CT molecular complexity index is 453. The zero-order chi connectivity index (χ0) is 22.1. The van der Waals surface area contributed by atoms with Crippen LogP contribution in [0, 0.1) is 11.8 Å². The molecule has 0 aromatic rings. The van der Waals surface area contributed by atoms with Crippen LogP contribution in [0.15, 0.2) is 0 Å². The minimum atomic E-state index is -1.25. The second-order valence-electron chi connectivity index (χ2n) is 10.6. The molecule has 1 aliphatic rings. The Morgan fingerprint density at radius 3 is 1.86 bits per heavy atom. The Morgan fingerprint density at radius 1 is 0.931 bits per heavy atom. The number of rotatable bonds is 12. The molecule has 172 valence electrons. The molecule has 29 heavy (non-hydrogen) atoms. The van der Waals surface area contributed by atoms with E-state index in [0.29, 0.717) is 18.8 Å². The third-order valence-electron chi connectivity index (χ3n) is 5.02. The molecule has 0 aromatic carbocycles. The molecule has 0 aromatic heterocycles. The topological polar surface area (TPSA) is 74.2 Å². The van der Waals surface area contributed by atoms with Gasteiger partial charge in [0, 0.05) is 12.8 Å². The molecule has 6 nitrogen and oxygen atoms in total. The fraction of sp³-hybridized carbons (Fsp3) is 0.957. The summed E-state index contributed by atoms with van der Waals surface area (Å²) < 4.78 is 0. The molecule has 0 saturated heterocycles. The molecule has 1 N–H and O–H groups in total. The number of unbranched alkanes of at least 4 members (excludes halogenated alkanes) is 1. The molecule has 0 heterocycles. The molecular weight excluding hydrogens is 372 g/mol. The Hall–Kier alpha value is -0.690. The van der Waals surface area contributed by atoms with E-state index in [0.717, 1.165) is 25.7 Å². The van der Waals surface area contributed by atoms with Gasteiger partial charge in [0.1, 0.15) is 0 Å². The van der Waals surface area contributed by atoms with Gasteiger partial charge in [-0.3, -0.25) is 4.79 Å². The lowest BCUT2D eigenvalue weighted by Crippen LogP contribution is -2.45. The van der Waals surface area contributed by atoms with Crippen molar-refractivity contribution >= 4 is 5.97 Å². The zero-order valence-electron chi connectivity index (χ0n) is 19.7. The van der Waals surface area contributed by atoms with E-state index in [1.807, 2.05) is 41.5 Å². The summed E-state index contributed by atoms with van der Waals surface area (Å²) in [6.07, 6.45) is 8.91. The van der Waals surface area contributed by atoms with Crippen molar-refractivity contribution in [2.24, 2.45) is 11.8 Å². The first-order valence-electron chi connectivity index (χ1n) is 11.3. The van der Waals surface area contributed by atoms with Crippen molar-refractivity contribution in [2.75, 3.05) is 0 Å². The van der Waals surface area contributed by atoms with Crippen LogP contribution in [0.3, 0.4) is 0 Å². The maximum absolute atomic E-state index is 12.0. The summed E-state index contributed by atoms with van der Waals surface area (Å²) >= 11 is 0. The number of carboxylic acid groups (broad SMARTS) is 1. The maximum Gasteiger partial charge on any atom is 0.306 e. The van der Waals surface area contributed by atoms with Crippen LogP contribution in [0.5, 0.6) is 0 Å². The summed E-state index contributed by atoms with van der Waals surface area (Å²) in [4.78, 5) is 35.2. The van der Waals surface area contributed by atoms with Crippen molar-refractivity contribution in [1.82, 2.24) is 0 Å². The number of hydrogen-bond acceptors (Lipinski definition) is 5. The van der Waals surface area contributed by atoms with Gasteiger partial charge in [-0.15, -0.1) is 0 Å². The van der Waals surface area contributed by atoms with Gasteiger partial charge in [-0.25, -0.2) is 9.78 Å². The van der Waals surface area contributed by atoms with Gasteiger partial charge in [0.2, 0.25) is 5.79 Å². The highest BCUT2D eigenvalue weighted by Gasteiger charge is 2.44. The second-order valence-corrected chi connectivity index (χ2v) is 10.6. The van der Waals surface area contributed by atoms with Crippen LogP contribution in [-0.4, -0.2) is 28.1 Å². The van der Waals surface area contributed by atoms with Crippen molar-refractivity contribution in [2.45, 2.75) is 130 Å². The molecule has 0 spiro atoms. The van der Waals surface area contributed by atoms with E-state index in [-0.39, 0.29) is 6.42 Å². The predicted molar refractivity (Wildman–Crippen MR) is 113 cm³/mol. The van der Waals surface area contributed by atoms with Crippen LogP contribution in [0.4, 0.5) is 0 Å². The molecule has 0 aliphatic heterocycles. The smallest absolute Gasteiger partial charge is 0.306 e. The standard InChI is InChI=1S/C23H44O6/c1-8-9-15-19(20(24)25)17-23(28-26-21(2,3)4,29-27-22(5,6)7)16-18-13-11-10-12-14-18/h18-19H,8-17H2,1-7H3,(H,24,25). The molecule has 1 fully saturated rings. The van der Waals surface area contributed by atoms with Gasteiger partial charge >= 0.3 is 5.97 Å². The van der Waals surface area contributed by atoms with Gasteiger partial charge in [-0.1, -0.05) is 51.9 Å². The summed E-state index contributed by atoms with van der Waals surface area (Å²) in [5.41, 5.74) is -1.10. The van der Waals surface area contributed by atoms with Gasteiger partial charge in [-0.2, -0.15) is 9.78 Å². The van der Waals surface area contributed by atoms with Crippen LogP contribution in [-0.2, 0) is 24.3 Å². The molecule has 1 aliphatic carbocycles. The maximum atomic E-state index is 12.0. The first-order valence-corrected chi connectivity index (χ1v) is 11.3. The summed E-state index contributed by atoms with van der Waals surface area (Å²) in [5, 5.41) is 9.83. The highest BCUT2D eigenvalue weighted by atomic mass is 17.3. The van der Waals surface area contributed by atoms with E-state index >= 15 is 0 Å². The van der Waals surface area contributed by atoms with Gasteiger partial charge in [0.15, 0.2) is 0 Å². The van der Waals surface area contributed by atoms with Gasteiger partial charge in [-0.05, 0) is 53.9 Å². The summed E-state index contributed by atoms with van der Waals surface area (Å²) in [6.45, 7) is 13.4. The van der Waals surface area contributed by atoms with Crippen LogP contribution < -0.4 is 0 Å². The lowest BCUT2D eigenvalue weighted by Gasteiger charge is -2.39. The number of hydrogen-bond donors (Lipinski definition) is 1. The van der Waals surface area contributed by atoms with Crippen LogP contribution >= 0.6 is 0 Å². The van der Waals surface area contributed by atoms with E-state index in [9.17, 15) is 9.90 Å². The third kappa shape index (κ3) is 11.3. The highest BCUT2D eigenvalue weighted by molar-refractivity contribution is 5.70. The molecule has 1 unspecified atom stereocenters. The van der Waals surface area contributed by atoms with Crippen molar-refractivity contribution in [1.29, 1.82) is 0 Å². The summed E-state index contributed by atoms with van der Waals surface area (Å²) in [7, 11) is 0. The Balaban J connectivity index is 3.13. The monoisotopic (exact) mass is 416 g/mol. The molecule has 1 saturated carbocycles. The minimum Gasteiger partial charge on any atom is -0.481 e. The van der Waals surface area contributed by atoms with E-state index in [2.05, 4.69) is 6.92 Å². The quantitative estimate of drug-likeness (QED) is 0.224. The fourth-order valence-electron chi connectivity index (χ4n) is 3.61. The van der Waals surface area contributed by atoms with Gasteiger partial charge in [0.05, 0.1) is 17.1 Å². The summed E-state index contributed by atoms with van der Waals surface area (Å²) in [6, 6.07) is 0. The molecule has 1 rings (SSSR count). The van der Waals surface area contributed by atoms with Gasteiger partial charge < -0.3 is 5.11 Å².